The second-order valence-electron chi connectivity index (χ2n) is 5.05. The average Bonchev–Trinajstić information content (AvgIpc) is 2.36. The van der Waals surface area contributed by atoms with Crippen LogP contribution in [0, 0.1) is 0 Å². The lowest BCUT2D eigenvalue weighted by molar-refractivity contribution is -0.117. The molecule has 1 amide bonds. The van der Waals surface area contributed by atoms with E-state index in [1.165, 1.54) is 0 Å². The lowest BCUT2D eigenvalue weighted by Crippen LogP contribution is -2.31. The summed E-state index contributed by atoms with van der Waals surface area (Å²) >= 11 is 3.38. The molecule has 4 heteroatoms. The monoisotopic (exact) mass is 326 g/mol. The second kappa shape index (κ2) is 7.06. The molecule has 0 saturated carbocycles. The number of anilines is 1. The molecule has 0 spiro atoms. The minimum atomic E-state index is -0.560. The molecule has 1 rings (SSSR count). The van der Waals surface area contributed by atoms with Crippen LogP contribution >= 0.6 is 15.9 Å². The smallest absolute Gasteiger partial charge is 0.240 e. The summed E-state index contributed by atoms with van der Waals surface area (Å²) in [5, 5.41) is 2.99. The predicted octanol–water partition coefficient (Wildman–Crippen LogP) is 3.64. The number of carbonyl (C=O) groups excluding carboxylic acids is 1. The van der Waals surface area contributed by atoms with E-state index in [0.29, 0.717) is 0 Å². The van der Waals surface area contributed by atoms with Crippen LogP contribution < -0.4 is 5.32 Å². The van der Waals surface area contributed by atoms with E-state index in [2.05, 4.69) is 46.1 Å². The van der Waals surface area contributed by atoms with E-state index >= 15 is 0 Å². The molecule has 0 atom stereocenters. The van der Waals surface area contributed by atoms with Gasteiger partial charge in [-0.05, 0) is 38.6 Å². The summed E-state index contributed by atoms with van der Waals surface area (Å²) in [5.41, 5.74) is 2.04. The molecular formula is C15H23BrN2O. The molecule has 0 aliphatic carbocycles. The van der Waals surface area contributed by atoms with Gasteiger partial charge < -0.3 is 5.32 Å². The number of para-hydroxylation sites is 1. The number of carbonyl (C=O) groups is 1. The Bertz CT molecular complexity index is 422. The van der Waals surface area contributed by atoms with E-state index in [4.69, 9.17) is 0 Å². The van der Waals surface area contributed by atoms with Crippen LogP contribution in [-0.2, 0) is 11.3 Å². The molecule has 1 N–H and O–H groups in total. The van der Waals surface area contributed by atoms with Gasteiger partial charge in [0.1, 0.15) is 0 Å². The molecule has 0 fully saturated rings. The molecule has 0 saturated heterocycles. The summed E-state index contributed by atoms with van der Waals surface area (Å²) in [6.07, 6.45) is 0. The Morgan fingerprint density at radius 3 is 2.37 bits per heavy atom. The highest BCUT2D eigenvalue weighted by atomic mass is 79.9. The standard InChI is InChI=1S/C15H23BrN2O/c1-5-18(6-2)11-12-9-7-8-10-13(12)17-14(19)15(3,4)16/h7-10H,5-6,11H2,1-4H3,(H,17,19). The molecular weight excluding hydrogens is 304 g/mol. The van der Waals surface area contributed by atoms with Crippen molar-refractivity contribution in [1.29, 1.82) is 0 Å². The van der Waals surface area contributed by atoms with Crippen LogP contribution in [0.2, 0.25) is 0 Å². The van der Waals surface area contributed by atoms with E-state index in [-0.39, 0.29) is 5.91 Å². The number of hydrogen-bond donors (Lipinski definition) is 1. The van der Waals surface area contributed by atoms with Crippen LogP contribution in [-0.4, -0.2) is 28.2 Å². The Hall–Kier alpha value is -0.870. The maximum atomic E-state index is 12.0. The van der Waals surface area contributed by atoms with Crippen LogP contribution in [0.4, 0.5) is 5.69 Å². The summed E-state index contributed by atoms with van der Waals surface area (Å²) in [7, 11) is 0. The molecule has 0 aliphatic heterocycles. The molecule has 0 bridgehead atoms. The van der Waals surface area contributed by atoms with Crippen molar-refractivity contribution in [2.75, 3.05) is 18.4 Å². The largest absolute Gasteiger partial charge is 0.325 e. The van der Waals surface area contributed by atoms with Crippen molar-refractivity contribution in [2.24, 2.45) is 0 Å². The third-order valence-corrected chi connectivity index (χ3v) is 3.45. The Labute approximate surface area is 124 Å². The van der Waals surface area contributed by atoms with Crippen molar-refractivity contribution in [1.82, 2.24) is 4.90 Å². The van der Waals surface area contributed by atoms with Gasteiger partial charge in [0, 0.05) is 12.2 Å². The van der Waals surface area contributed by atoms with Crippen molar-refractivity contribution in [3.63, 3.8) is 0 Å². The fourth-order valence-corrected chi connectivity index (χ4v) is 1.84. The van der Waals surface area contributed by atoms with Gasteiger partial charge in [-0.15, -0.1) is 0 Å². The van der Waals surface area contributed by atoms with Crippen molar-refractivity contribution in [3.8, 4) is 0 Å². The van der Waals surface area contributed by atoms with Gasteiger partial charge in [-0.25, -0.2) is 0 Å². The highest BCUT2D eigenvalue weighted by Gasteiger charge is 2.24. The number of halogens is 1. The fourth-order valence-electron chi connectivity index (χ4n) is 1.74. The van der Waals surface area contributed by atoms with E-state index in [1.54, 1.807) is 0 Å². The number of hydrogen-bond acceptors (Lipinski definition) is 2. The Balaban J connectivity index is 2.87. The number of nitrogens with one attached hydrogen (secondary N) is 1. The van der Waals surface area contributed by atoms with Crippen molar-refractivity contribution in [2.45, 2.75) is 38.6 Å². The maximum Gasteiger partial charge on any atom is 0.240 e. The zero-order valence-corrected chi connectivity index (χ0v) is 13.8. The molecule has 0 heterocycles. The quantitative estimate of drug-likeness (QED) is 0.809. The van der Waals surface area contributed by atoms with Gasteiger partial charge in [0.15, 0.2) is 0 Å². The maximum absolute atomic E-state index is 12.0. The molecule has 19 heavy (non-hydrogen) atoms. The van der Waals surface area contributed by atoms with Crippen LogP contribution in [0.5, 0.6) is 0 Å². The first-order valence-corrected chi connectivity index (χ1v) is 7.48. The highest BCUT2D eigenvalue weighted by molar-refractivity contribution is 9.10. The van der Waals surface area contributed by atoms with Gasteiger partial charge in [0.05, 0.1) is 4.32 Å². The highest BCUT2D eigenvalue weighted by Crippen LogP contribution is 2.22. The predicted molar refractivity (Wildman–Crippen MR) is 84.7 cm³/mol. The first-order chi connectivity index (χ1) is 8.88. The molecule has 0 radical (unpaired) electrons. The molecule has 0 aliphatic rings. The third-order valence-electron chi connectivity index (χ3n) is 3.09. The number of rotatable bonds is 6. The van der Waals surface area contributed by atoms with Gasteiger partial charge in [-0.2, -0.15) is 0 Å². The minimum absolute atomic E-state index is 0.0282. The third kappa shape index (κ3) is 4.96. The van der Waals surface area contributed by atoms with Gasteiger partial charge in [-0.1, -0.05) is 48.0 Å². The first kappa shape index (κ1) is 16.2. The lowest BCUT2D eigenvalue weighted by Gasteiger charge is -2.22. The van der Waals surface area contributed by atoms with E-state index < -0.39 is 4.32 Å². The zero-order chi connectivity index (χ0) is 14.5. The molecule has 1 aromatic rings. The Kier molecular flexibility index (Phi) is 6.01. The number of alkyl halides is 1. The first-order valence-electron chi connectivity index (χ1n) is 6.69. The van der Waals surface area contributed by atoms with Crippen LogP contribution in [0.25, 0.3) is 0 Å². The molecule has 106 valence electrons. The Morgan fingerprint density at radius 1 is 1.26 bits per heavy atom. The topological polar surface area (TPSA) is 32.3 Å². The number of amides is 1. The normalized spacial score (nSPS) is 11.7. The van der Waals surface area contributed by atoms with Gasteiger partial charge in [-0.3, -0.25) is 9.69 Å². The minimum Gasteiger partial charge on any atom is -0.325 e. The van der Waals surface area contributed by atoms with Gasteiger partial charge in [0.2, 0.25) is 5.91 Å². The van der Waals surface area contributed by atoms with E-state index in [1.807, 2.05) is 32.0 Å². The van der Waals surface area contributed by atoms with Crippen molar-refractivity contribution >= 4 is 27.5 Å². The summed E-state index contributed by atoms with van der Waals surface area (Å²) in [6.45, 7) is 10.8. The molecule has 0 aromatic heterocycles. The number of benzene rings is 1. The summed E-state index contributed by atoms with van der Waals surface area (Å²) in [5.74, 6) is -0.0282. The second-order valence-corrected chi connectivity index (χ2v) is 7.03. The van der Waals surface area contributed by atoms with E-state index in [0.717, 1.165) is 30.9 Å². The molecule has 0 unspecified atom stereocenters. The zero-order valence-electron chi connectivity index (χ0n) is 12.2. The van der Waals surface area contributed by atoms with Crippen molar-refractivity contribution < 1.29 is 4.79 Å². The SMILES string of the molecule is CCN(CC)Cc1ccccc1NC(=O)C(C)(C)Br. The van der Waals surface area contributed by atoms with Gasteiger partial charge >= 0.3 is 0 Å². The Morgan fingerprint density at radius 2 is 1.84 bits per heavy atom. The summed E-state index contributed by atoms with van der Waals surface area (Å²) in [6, 6.07) is 7.97. The average molecular weight is 327 g/mol. The van der Waals surface area contributed by atoms with E-state index in [9.17, 15) is 4.79 Å². The van der Waals surface area contributed by atoms with Crippen molar-refractivity contribution in [3.05, 3.63) is 29.8 Å². The van der Waals surface area contributed by atoms with Gasteiger partial charge in [0.25, 0.3) is 0 Å². The fraction of sp³-hybridized carbons (Fsp3) is 0.533. The van der Waals surface area contributed by atoms with Crippen LogP contribution in [0.15, 0.2) is 24.3 Å². The molecule has 3 nitrogen and oxygen atoms in total. The summed E-state index contributed by atoms with van der Waals surface area (Å²) in [4.78, 5) is 14.4. The number of nitrogens with zero attached hydrogens (tertiary/aromatic N) is 1. The van der Waals surface area contributed by atoms with Crippen LogP contribution in [0.1, 0.15) is 33.3 Å². The molecule has 1 aromatic carbocycles. The lowest BCUT2D eigenvalue weighted by atomic mass is 10.1. The van der Waals surface area contributed by atoms with Crippen LogP contribution in [0.3, 0.4) is 0 Å². The summed E-state index contributed by atoms with van der Waals surface area (Å²) < 4.78 is -0.560.